The van der Waals surface area contributed by atoms with E-state index in [0.29, 0.717) is 18.3 Å². The number of fused-ring (bicyclic) bond motifs is 1. The molecule has 0 aromatic carbocycles. The molecule has 0 unspecified atom stereocenters. The molecule has 1 amide bonds. The minimum Gasteiger partial charge on any atom is -0.481 e. The van der Waals surface area contributed by atoms with E-state index in [1.54, 1.807) is 0 Å². The van der Waals surface area contributed by atoms with E-state index in [2.05, 4.69) is 15.6 Å². The first-order valence-corrected chi connectivity index (χ1v) is 8.48. The van der Waals surface area contributed by atoms with Gasteiger partial charge in [0.2, 0.25) is 5.91 Å². The summed E-state index contributed by atoms with van der Waals surface area (Å²) < 4.78 is 0. The van der Waals surface area contributed by atoms with E-state index in [4.69, 9.17) is 5.11 Å². The van der Waals surface area contributed by atoms with Crippen molar-refractivity contribution < 1.29 is 14.7 Å². The van der Waals surface area contributed by atoms with Crippen LogP contribution in [0.1, 0.15) is 31.2 Å². The molecule has 1 fully saturated rings. The van der Waals surface area contributed by atoms with Gasteiger partial charge >= 0.3 is 5.97 Å². The normalized spacial score (nSPS) is 24.5. The summed E-state index contributed by atoms with van der Waals surface area (Å²) in [6.07, 6.45) is 5.09. The molecule has 0 saturated heterocycles. The lowest BCUT2D eigenvalue weighted by molar-refractivity contribution is -0.142. The number of nitrogens with one attached hydrogen (secondary N) is 2. The summed E-state index contributed by atoms with van der Waals surface area (Å²) >= 11 is 1.46. The average Bonchev–Trinajstić information content (AvgIpc) is 2.53. The van der Waals surface area contributed by atoms with Gasteiger partial charge in [-0.05, 0) is 37.3 Å². The Morgan fingerprint density at radius 1 is 1.41 bits per heavy atom. The summed E-state index contributed by atoms with van der Waals surface area (Å²) in [5.41, 5.74) is 1.82. The number of carboxylic acid groups (broad SMARTS) is 1. The number of carbonyl (C=O) groups excluding carboxylic acids is 1. The number of hydrogen-bond acceptors (Lipinski definition) is 5. The van der Waals surface area contributed by atoms with Gasteiger partial charge in [-0.2, -0.15) is 0 Å². The van der Waals surface area contributed by atoms with Crippen molar-refractivity contribution in [2.75, 3.05) is 11.1 Å². The summed E-state index contributed by atoms with van der Waals surface area (Å²) in [5, 5.41) is 16.2. The van der Waals surface area contributed by atoms with E-state index in [-0.39, 0.29) is 11.8 Å². The molecule has 7 heteroatoms. The topological polar surface area (TPSA) is 91.3 Å². The number of aromatic nitrogens is 1. The second-order valence-corrected chi connectivity index (χ2v) is 6.76. The molecule has 0 spiro atoms. The quantitative estimate of drug-likeness (QED) is 0.784. The van der Waals surface area contributed by atoms with Crippen LogP contribution in [0.2, 0.25) is 0 Å². The molecule has 22 heavy (non-hydrogen) atoms. The zero-order valence-electron chi connectivity index (χ0n) is 12.2. The molecule has 3 N–H and O–H groups in total. The van der Waals surface area contributed by atoms with Crippen LogP contribution >= 0.6 is 11.8 Å². The number of aliphatic carboxylic acids is 1. The van der Waals surface area contributed by atoms with Gasteiger partial charge in [0.15, 0.2) is 0 Å². The lowest BCUT2D eigenvalue weighted by atomic mass is 9.86. The Balaban J connectivity index is 1.53. The predicted octanol–water partition coefficient (Wildman–Crippen LogP) is 1.86. The Kier molecular flexibility index (Phi) is 4.63. The van der Waals surface area contributed by atoms with Crippen LogP contribution in [-0.4, -0.2) is 33.8 Å². The maximum absolute atomic E-state index is 11.4. The number of nitrogens with zero attached hydrogens (tertiary/aromatic N) is 1. The number of pyridine rings is 1. The van der Waals surface area contributed by atoms with Crippen molar-refractivity contribution in [2.24, 2.45) is 5.92 Å². The zero-order valence-corrected chi connectivity index (χ0v) is 13.0. The summed E-state index contributed by atoms with van der Waals surface area (Å²) in [6.45, 7) is 0.684. The van der Waals surface area contributed by atoms with Gasteiger partial charge in [-0.1, -0.05) is 11.8 Å². The Bertz CT molecular complexity index is 585. The maximum atomic E-state index is 11.4. The van der Waals surface area contributed by atoms with Gasteiger partial charge in [0.25, 0.3) is 0 Å². The third kappa shape index (κ3) is 3.59. The van der Waals surface area contributed by atoms with Crippen molar-refractivity contribution >= 4 is 29.3 Å². The highest BCUT2D eigenvalue weighted by Crippen LogP contribution is 2.30. The van der Waals surface area contributed by atoms with Crippen molar-refractivity contribution in [1.82, 2.24) is 10.3 Å². The molecule has 3 rings (SSSR count). The Labute approximate surface area is 133 Å². The van der Waals surface area contributed by atoms with Crippen molar-refractivity contribution in [3.8, 4) is 0 Å². The first kappa shape index (κ1) is 15.3. The van der Waals surface area contributed by atoms with Gasteiger partial charge in [-0.25, -0.2) is 4.98 Å². The summed E-state index contributed by atoms with van der Waals surface area (Å²) in [4.78, 5) is 26.7. The van der Waals surface area contributed by atoms with Crippen molar-refractivity contribution in [2.45, 2.75) is 43.3 Å². The highest BCUT2D eigenvalue weighted by atomic mass is 32.2. The van der Waals surface area contributed by atoms with Crippen molar-refractivity contribution in [1.29, 1.82) is 0 Å². The monoisotopic (exact) mass is 321 g/mol. The lowest BCUT2D eigenvalue weighted by Crippen LogP contribution is -2.34. The van der Waals surface area contributed by atoms with Crippen molar-refractivity contribution in [3.05, 3.63) is 17.8 Å². The fraction of sp³-hybridized carbons (Fsp3) is 0.533. The summed E-state index contributed by atoms with van der Waals surface area (Å²) in [7, 11) is 0. The van der Waals surface area contributed by atoms with E-state index < -0.39 is 5.97 Å². The Morgan fingerprint density at radius 2 is 2.18 bits per heavy atom. The second kappa shape index (κ2) is 6.66. The molecule has 2 aliphatic rings. The number of hydrogen-bond donors (Lipinski definition) is 3. The third-order valence-electron chi connectivity index (χ3n) is 4.19. The fourth-order valence-electron chi connectivity index (χ4n) is 2.92. The van der Waals surface area contributed by atoms with E-state index >= 15 is 0 Å². The first-order valence-electron chi connectivity index (χ1n) is 7.49. The molecule has 0 radical (unpaired) electrons. The highest BCUT2D eigenvalue weighted by molar-refractivity contribution is 8.00. The summed E-state index contributed by atoms with van der Waals surface area (Å²) in [5.74, 6) is -0.428. The average molecular weight is 321 g/mol. The van der Waals surface area contributed by atoms with E-state index in [0.717, 1.165) is 42.0 Å². The SMILES string of the molecule is O=C1CSc2ncc(CN[C@H]3CC[C@H](C(=O)O)CC3)cc2N1. The Morgan fingerprint density at radius 3 is 2.91 bits per heavy atom. The number of rotatable bonds is 4. The highest BCUT2D eigenvalue weighted by Gasteiger charge is 2.25. The van der Waals surface area contributed by atoms with E-state index in [9.17, 15) is 9.59 Å². The molecule has 118 valence electrons. The smallest absolute Gasteiger partial charge is 0.306 e. The minimum absolute atomic E-state index is 0.0106. The maximum Gasteiger partial charge on any atom is 0.306 e. The molecule has 1 aliphatic heterocycles. The molecule has 1 aliphatic carbocycles. The number of carbonyl (C=O) groups is 2. The standard InChI is InChI=1S/C15H19N3O3S/c19-13-8-22-14-12(18-13)5-9(7-17-14)6-16-11-3-1-10(2-4-11)15(20)21/h5,7,10-11,16H,1-4,6,8H2,(H,18,19)(H,20,21)/t10-,11-. The molecule has 1 saturated carbocycles. The number of carboxylic acids is 1. The zero-order chi connectivity index (χ0) is 15.5. The van der Waals surface area contributed by atoms with Crippen LogP contribution in [0.5, 0.6) is 0 Å². The molecular formula is C15H19N3O3S. The first-order chi connectivity index (χ1) is 10.6. The molecule has 0 bridgehead atoms. The Hall–Kier alpha value is -1.60. The number of thioether (sulfide) groups is 1. The second-order valence-electron chi connectivity index (χ2n) is 5.80. The van der Waals surface area contributed by atoms with Gasteiger partial charge in [-0.3, -0.25) is 9.59 Å². The van der Waals surface area contributed by atoms with Gasteiger partial charge in [0.05, 0.1) is 17.4 Å². The van der Waals surface area contributed by atoms with E-state index in [1.165, 1.54) is 11.8 Å². The molecule has 0 atom stereocenters. The summed E-state index contributed by atoms with van der Waals surface area (Å²) in [6, 6.07) is 2.32. The van der Waals surface area contributed by atoms with Gasteiger partial charge in [-0.15, -0.1) is 0 Å². The fourth-order valence-corrected chi connectivity index (χ4v) is 3.66. The number of anilines is 1. The third-order valence-corrected chi connectivity index (χ3v) is 5.20. The molecule has 6 nitrogen and oxygen atoms in total. The predicted molar refractivity (Wildman–Crippen MR) is 83.8 cm³/mol. The molecule has 1 aromatic heterocycles. The van der Waals surface area contributed by atoms with Crippen LogP contribution in [0, 0.1) is 5.92 Å². The minimum atomic E-state index is -0.675. The van der Waals surface area contributed by atoms with Crippen molar-refractivity contribution in [3.63, 3.8) is 0 Å². The molecule has 2 heterocycles. The van der Waals surface area contributed by atoms with Crippen LogP contribution < -0.4 is 10.6 Å². The lowest BCUT2D eigenvalue weighted by Gasteiger charge is -2.27. The van der Waals surface area contributed by atoms with Crippen LogP contribution in [0.25, 0.3) is 0 Å². The van der Waals surface area contributed by atoms with Crippen LogP contribution in [-0.2, 0) is 16.1 Å². The molecular weight excluding hydrogens is 302 g/mol. The molecule has 1 aromatic rings. The van der Waals surface area contributed by atoms with E-state index in [1.807, 2.05) is 12.3 Å². The van der Waals surface area contributed by atoms with Crippen LogP contribution in [0.4, 0.5) is 5.69 Å². The van der Waals surface area contributed by atoms with Crippen LogP contribution in [0.15, 0.2) is 17.3 Å². The van der Waals surface area contributed by atoms with Gasteiger partial charge in [0, 0.05) is 18.8 Å². The van der Waals surface area contributed by atoms with Crippen LogP contribution in [0.3, 0.4) is 0 Å². The number of amides is 1. The largest absolute Gasteiger partial charge is 0.481 e. The van der Waals surface area contributed by atoms with Gasteiger partial charge in [0.1, 0.15) is 5.03 Å². The van der Waals surface area contributed by atoms with Gasteiger partial charge < -0.3 is 15.7 Å².